The van der Waals surface area contributed by atoms with Crippen LogP contribution in [-0.4, -0.2) is 37.2 Å². The first-order valence-electron chi connectivity index (χ1n) is 31.8. The van der Waals surface area contributed by atoms with Crippen molar-refractivity contribution in [2.24, 2.45) is 0 Å². The molecule has 0 aliphatic heterocycles. The van der Waals surface area contributed by atoms with E-state index < -0.39 is 6.10 Å². The van der Waals surface area contributed by atoms with Crippen LogP contribution in [0.5, 0.6) is 0 Å². The Bertz CT molecular complexity index is 1150. The third-order valence-electron chi connectivity index (χ3n) is 14.4. The molecule has 0 rings (SSSR count). The van der Waals surface area contributed by atoms with E-state index in [2.05, 4.69) is 45.1 Å². The molecule has 0 radical (unpaired) electrons. The molecule has 0 fully saturated rings. The largest absolute Gasteiger partial charge is 0.462 e. The molecule has 1 unspecified atom stereocenters. The highest BCUT2D eigenvalue weighted by Crippen LogP contribution is 2.18. The first-order chi connectivity index (χ1) is 35.0. The fourth-order valence-electron chi connectivity index (χ4n) is 9.61. The highest BCUT2D eigenvalue weighted by atomic mass is 16.6. The van der Waals surface area contributed by atoms with E-state index in [4.69, 9.17) is 14.2 Å². The lowest BCUT2D eigenvalue weighted by Gasteiger charge is -2.18. The van der Waals surface area contributed by atoms with Crippen LogP contribution in [0.4, 0.5) is 0 Å². The molecule has 0 aliphatic rings. The summed E-state index contributed by atoms with van der Waals surface area (Å²) < 4.78 is 16.9. The Morgan fingerprint density at radius 3 is 0.718 bits per heavy atom. The second-order valence-corrected chi connectivity index (χ2v) is 21.7. The average Bonchev–Trinajstić information content (AvgIpc) is 3.37. The number of hydrogen-bond donors (Lipinski definition) is 0. The van der Waals surface area contributed by atoms with Crippen LogP contribution < -0.4 is 0 Å². The van der Waals surface area contributed by atoms with Crippen LogP contribution in [0.3, 0.4) is 0 Å². The van der Waals surface area contributed by atoms with Crippen molar-refractivity contribution in [1.82, 2.24) is 0 Å². The fraction of sp³-hybridized carbons (Fsp3) is 0.892. The second-order valence-electron chi connectivity index (χ2n) is 21.7. The molecule has 0 saturated carbocycles. The van der Waals surface area contributed by atoms with E-state index in [9.17, 15) is 14.4 Å². The normalized spacial score (nSPS) is 12.1. The Kier molecular flexibility index (Phi) is 58.6. The van der Waals surface area contributed by atoms with Crippen LogP contribution in [0.25, 0.3) is 0 Å². The monoisotopic (exact) mass is 999 g/mol. The van der Waals surface area contributed by atoms with Gasteiger partial charge in [0.1, 0.15) is 13.2 Å². The van der Waals surface area contributed by atoms with Crippen LogP contribution in [0, 0.1) is 0 Å². The first kappa shape index (κ1) is 68.9. The first-order valence-corrected chi connectivity index (χ1v) is 31.8. The lowest BCUT2D eigenvalue weighted by atomic mass is 10.0. The van der Waals surface area contributed by atoms with E-state index in [1.54, 1.807) is 0 Å². The number of hydrogen-bond acceptors (Lipinski definition) is 6. The van der Waals surface area contributed by atoms with Crippen molar-refractivity contribution >= 4 is 17.9 Å². The minimum atomic E-state index is -0.774. The maximum atomic E-state index is 12.9. The van der Waals surface area contributed by atoms with E-state index in [-0.39, 0.29) is 31.1 Å². The lowest BCUT2D eigenvalue weighted by molar-refractivity contribution is -0.167. The topological polar surface area (TPSA) is 78.9 Å². The zero-order valence-electron chi connectivity index (χ0n) is 48.0. The van der Waals surface area contributed by atoms with Crippen LogP contribution in [-0.2, 0) is 28.6 Å². The molecule has 0 aromatic heterocycles. The Balaban J connectivity index is 4.25. The van der Waals surface area contributed by atoms with Gasteiger partial charge >= 0.3 is 17.9 Å². The van der Waals surface area contributed by atoms with Crippen molar-refractivity contribution in [2.75, 3.05) is 13.2 Å². The molecule has 0 spiro atoms. The average molecular weight is 1000 g/mol. The van der Waals surface area contributed by atoms with Crippen molar-refractivity contribution in [3.8, 4) is 0 Å². The van der Waals surface area contributed by atoms with Gasteiger partial charge in [-0.15, -0.1) is 0 Å². The van der Waals surface area contributed by atoms with E-state index in [1.165, 1.54) is 250 Å². The minimum Gasteiger partial charge on any atom is -0.462 e. The molecule has 0 bridgehead atoms. The molecule has 418 valence electrons. The molecule has 0 aromatic rings. The Hall–Kier alpha value is -2.11. The van der Waals surface area contributed by atoms with E-state index in [1.807, 2.05) is 0 Å². The zero-order valence-corrected chi connectivity index (χ0v) is 48.0. The van der Waals surface area contributed by atoms with Crippen molar-refractivity contribution in [3.05, 3.63) is 24.3 Å². The van der Waals surface area contributed by atoms with Gasteiger partial charge in [0.25, 0.3) is 0 Å². The van der Waals surface area contributed by atoms with Crippen LogP contribution in [0.1, 0.15) is 355 Å². The summed E-state index contributed by atoms with van der Waals surface area (Å²) in [6.45, 7) is 6.67. The van der Waals surface area contributed by atoms with Gasteiger partial charge in [-0.25, -0.2) is 0 Å². The summed E-state index contributed by atoms with van der Waals surface area (Å²) in [4.78, 5) is 38.2. The quantitative estimate of drug-likeness (QED) is 0.0261. The molecule has 0 N–H and O–H groups in total. The minimum absolute atomic E-state index is 0.0708. The van der Waals surface area contributed by atoms with Crippen LogP contribution >= 0.6 is 0 Å². The molecule has 0 amide bonds. The van der Waals surface area contributed by atoms with Gasteiger partial charge in [-0.3, -0.25) is 14.4 Å². The summed E-state index contributed by atoms with van der Waals surface area (Å²) in [5.74, 6) is -0.860. The summed E-state index contributed by atoms with van der Waals surface area (Å²) in [5, 5.41) is 0. The summed E-state index contributed by atoms with van der Waals surface area (Å²) in [6.07, 6.45) is 71.9. The number of carbonyl (C=O) groups excluding carboxylic acids is 3. The van der Waals surface area contributed by atoms with Gasteiger partial charge in [0.15, 0.2) is 6.10 Å². The number of rotatable bonds is 59. The summed E-state index contributed by atoms with van der Waals surface area (Å²) in [6, 6.07) is 0. The van der Waals surface area contributed by atoms with E-state index in [0.717, 1.165) is 64.2 Å². The zero-order chi connectivity index (χ0) is 51.4. The molecular weight excluding hydrogens is 877 g/mol. The van der Waals surface area contributed by atoms with Crippen LogP contribution in [0.15, 0.2) is 24.3 Å². The Morgan fingerprint density at radius 2 is 0.465 bits per heavy atom. The number of allylic oxidation sites excluding steroid dienone is 4. The number of carbonyl (C=O) groups is 3. The number of esters is 3. The molecule has 0 aromatic carbocycles. The maximum absolute atomic E-state index is 12.9. The highest BCUT2D eigenvalue weighted by Gasteiger charge is 2.19. The fourth-order valence-corrected chi connectivity index (χ4v) is 9.61. The standard InChI is InChI=1S/C65H122O6/c1-4-7-10-13-16-19-22-25-27-29-30-31-32-33-34-36-37-40-43-46-49-52-55-58-64(67)70-61-62(60-69-63(66)57-54-51-48-45-42-39-24-21-18-15-12-9-6-3)71-65(68)59-56-53-50-47-44-41-38-35-28-26-23-20-17-14-11-8-5-2/h21,24,26,28,62H,4-20,22-23,25,27,29-61H2,1-3H3/b24-21-,28-26-. The van der Waals surface area contributed by atoms with Gasteiger partial charge in [0, 0.05) is 19.3 Å². The second kappa shape index (κ2) is 60.4. The van der Waals surface area contributed by atoms with Gasteiger partial charge < -0.3 is 14.2 Å². The van der Waals surface area contributed by atoms with Gasteiger partial charge in [-0.05, 0) is 70.6 Å². The van der Waals surface area contributed by atoms with Crippen molar-refractivity contribution < 1.29 is 28.6 Å². The molecular formula is C65H122O6. The van der Waals surface area contributed by atoms with E-state index >= 15 is 0 Å². The summed E-state index contributed by atoms with van der Waals surface area (Å²) in [7, 11) is 0. The van der Waals surface area contributed by atoms with Gasteiger partial charge in [0.2, 0.25) is 0 Å². The van der Waals surface area contributed by atoms with Gasteiger partial charge in [-0.1, -0.05) is 289 Å². The third kappa shape index (κ3) is 58.7. The van der Waals surface area contributed by atoms with Crippen molar-refractivity contribution in [2.45, 2.75) is 361 Å². The van der Waals surface area contributed by atoms with Crippen molar-refractivity contribution in [3.63, 3.8) is 0 Å². The number of ether oxygens (including phenoxy) is 3. The van der Waals surface area contributed by atoms with E-state index in [0.29, 0.717) is 19.3 Å². The molecule has 6 nitrogen and oxygen atoms in total. The highest BCUT2D eigenvalue weighted by molar-refractivity contribution is 5.71. The summed E-state index contributed by atoms with van der Waals surface area (Å²) in [5.41, 5.74) is 0. The molecule has 0 saturated heterocycles. The van der Waals surface area contributed by atoms with Crippen molar-refractivity contribution in [1.29, 1.82) is 0 Å². The number of unbranched alkanes of at least 4 members (excludes halogenated alkanes) is 44. The van der Waals surface area contributed by atoms with Gasteiger partial charge in [-0.2, -0.15) is 0 Å². The van der Waals surface area contributed by atoms with Crippen LogP contribution in [0.2, 0.25) is 0 Å². The predicted octanol–water partition coefficient (Wildman–Crippen LogP) is 21.4. The van der Waals surface area contributed by atoms with Gasteiger partial charge in [0.05, 0.1) is 0 Å². The SMILES string of the molecule is CCCCCC/C=C\CCCCCCCC(=O)OCC(COC(=O)CCCCCCCCCCCCCCCCCCCCCCCCC)OC(=O)CCCCCCCCC/C=C\CCCCCCCC. The smallest absolute Gasteiger partial charge is 0.306 e. The molecule has 0 aliphatic carbocycles. The predicted molar refractivity (Wildman–Crippen MR) is 307 cm³/mol. The molecule has 0 heterocycles. The molecule has 71 heavy (non-hydrogen) atoms. The molecule has 6 heteroatoms. The third-order valence-corrected chi connectivity index (χ3v) is 14.4. The maximum Gasteiger partial charge on any atom is 0.306 e. The Morgan fingerprint density at radius 1 is 0.268 bits per heavy atom. The summed E-state index contributed by atoms with van der Waals surface area (Å²) >= 11 is 0. The lowest BCUT2D eigenvalue weighted by Crippen LogP contribution is -2.30. The molecule has 1 atom stereocenters. The Labute approximate surface area is 443 Å².